The van der Waals surface area contributed by atoms with Crippen LogP contribution < -0.4 is 26.0 Å². The maximum absolute atomic E-state index is 13.0. The van der Waals surface area contributed by atoms with Crippen molar-refractivity contribution in [1.82, 2.24) is 26.2 Å². The lowest BCUT2D eigenvalue weighted by Gasteiger charge is -2.64. The van der Waals surface area contributed by atoms with Gasteiger partial charge in [0.2, 0.25) is 23.6 Å². The fourth-order valence-corrected chi connectivity index (χ4v) is 8.58. The number of phenols is 1. The zero-order chi connectivity index (χ0) is 34.6. The van der Waals surface area contributed by atoms with Crippen molar-refractivity contribution in [3.63, 3.8) is 0 Å². The lowest BCUT2D eigenvalue weighted by molar-refractivity contribution is -0.192. The summed E-state index contributed by atoms with van der Waals surface area (Å²) in [5.74, 6) is -0.00446. The van der Waals surface area contributed by atoms with Gasteiger partial charge in [-0.1, -0.05) is 18.9 Å². The zero-order valence-electron chi connectivity index (χ0n) is 28.4. The number of nitrogens with zero attached hydrogens (tertiary/aromatic N) is 1. The molecule has 0 radical (unpaired) electrons. The minimum absolute atomic E-state index is 0.0317. The second-order valence-corrected chi connectivity index (χ2v) is 14.3. The quantitative estimate of drug-likeness (QED) is 0.115. The van der Waals surface area contributed by atoms with E-state index in [1.807, 2.05) is 6.07 Å². The Morgan fingerprint density at radius 3 is 2.20 bits per heavy atom. The van der Waals surface area contributed by atoms with Gasteiger partial charge >= 0.3 is 0 Å². The van der Waals surface area contributed by atoms with Gasteiger partial charge in [-0.3, -0.25) is 24.1 Å². The number of likely N-dealkylation sites (tertiary alicyclic amines) is 1. The van der Waals surface area contributed by atoms with Crippen LogP contribution in [0.25, 0.3) is 0 Å². The number of rotatable bonds is 18. The zero-order valence-corrected chi connectivity index (χ0v) is 28.4. The van der Waals surface area contributed by atoms with Crippen molar-refractivity contribution in [2.75, 3.05) is 59.7 Å². The van der Waals surface area contributed by atoms with Gasteiger partial charge in [0.1, 0.15) is 32.5 Å². The van der Waals surface area contributed by atoms with E-state index in [0.29, 0.717) is 44.0 Å². The molecule has 5 atom stereocenters. The molecule has 49 heavy (non-hydrogen) atoms. The number of hydrogen-bond acceptors (Lipinski definition) is 10. The van der Waals surface area contributed by atoms with E-state index in [0.717, 1.165) is 56.3 Å². The molecule has 3 fully saturated rings. The molecule has 2 aliphatic heterocycles. The van der Waals surface area contributed by atoms with Crippen LogP contribution in [0.4, 0.5) is 0 Å². The molecule has 270 valence electrons. The van der Waals surface area contributed by atoms with E-state index in [-0.39, 0.29) is 67.9 Å². The Morgan fingerprint density at radius 1 is 0.898 bits per heavy atom. The van der Waals surface area contributed by atoms with Gasteiger partial charge in [-0.25, -0.2) is 0 Å². The first-order valence-electron chi connectivity index (χ1n) is 17.8. The summed E-state index contributed by atoms with van der Waals surface area (Å²) in [5, 5.41) is 34.4. The smallest absolute Gasteiger partial charge is 0.246 e. The number of nitrogens with one attached hydrogen (secondary N) is 4. The Labute approximate surface area is 287 Å². The largest absolute Gasteiger partial charge is 0.504 e. The van der Waals surface area contributed by atoms with Crippen molar-refractivity contribution in [2.24, 2.45) is 5.92 Å². The molecular weight excluding hydrogens is 634 g/mol. The molecule has 1 saturated heterocycles. The minimum Gasteiger partial charge on any atom is -0.504 e. The normalized spacial score (nSPS) is 27.8. The number of unbranched alkanes of at least 4 members (excludes halogenated alkanes) is 3. The van der Waals surface area contributed by atoms with Crippen molar-refractivity contribution in [3.05, 3.63) is 23.3 Å². The topological polar surface area (TPSA) is 188 Å². The molecule has 1 spiro atoms. The summed E-state index contributed by atoms with van der Waals surface area (Å²) in [7, 11) is 1.50. The van der Waals surface area contributed by atoms with Crippen LogP contribution in [0.2, 0.25) is 0 Å². The molecule has 2 heterocycles. The second kappa shape index (κ2) is 15.2. The molecule has 0 aromatic heterocycles. The van der Waals surface area contributed by atoms with Gasteiger partial charge in [0.05, 0.1) is 17.1 Å². The number of aliphatic hydroxyl groups is 1. The first kappa shape index (κ1) is 35.4. The van der Waals surface area contributed by atoms with Crippen molar-refractivity contribution >= 4 is 23.6 Å². The molecule has 4 amide bonds. The van der Waals surface area contributed by atoms with Crippen molar-refractivity contribution in [3.8, 4) is 11.5 Å². The minimum atomic E-state index is -1.02. The average Bonchev–Trinajstić information content (AvgIpc) is 3.82. The number of aromatic hydroxyl groups is 1. The number of amides is 4. The summed E-state index contributed by atoms with van der Waals surface area (Å²) >= 11 is 0. The van der Waals surface area contributed by atoms with Gasteiger partial charge in [-0.2, -0.15) is 0 Å². The molecule has 5 aliphatic rings. The monoisotopic (exact) mass is 685 g/mol. The van der Waals surface area contributed by atoms with Gasteiger partial charge in [-0.15, -0.1) is 0 Å². The number of carbonyl (C=O) groups excluding carboxylic acids is 4. The van der Waals surface area contributed by atoms with Crippen LogP contribution >= 0.6 is 0 Å². The Bertz CT molecular complexity index is 1410. The van der Waals surface area contributed by atoms with E-state index in [1.54, 1.807) is 6.07 Å². The van der Waals surface area contributed by atoms with E-state index in [2.05, 4.69) is 26.2 Å². The molecule has 14 nitrogen and oxygen atoms in total. The Morgan fingerprint density at radius 2 is 1.55 bits per heavy atom. The number of piperidine rings is 1. The highest BCUT2D eigenvalue weighted by Gasteiger charge is 2.73. The molecule has 6 N–H and O–H groups in total. The van der Waals surface area contributed by atoms with E-state index in [1.165, 1.54) is 19.9 Å². The Hall–Kier alpha value is -3.46. The van der Waals surface area contributed by atoms with E-state index < -0.39 is 17.1 Å². The third kappa shape index (κ3) is 7.38. The number of carbonyl (C=O) groups is 4. The summed E-state index contributed by atoms with van der Waals surface area (Å²) in [6.45, 7) is 2.00. The van der Waals surface area contributed by atoms with Gasteiger partial charge in [0, 0.05) is 38.3 Å². The molecule has 6 rings (SSSR count). The third-order valence-corrected chi connectivity index (χ3v) is 11.1. The second-order valence-electron chi connectivity index (χ2n) is 14.3. The molecule has 0 unspecified atom stereocenters. The molecule has 14 heteroatoms. The van der Waals surface area contributed by atoms with Crippen LogP contribution in [0, 0.1) is 5.92 Å². The lowest BCUT2D eigenvalue weighted by Crippen LogP contribution is -2.78. The fourth-order valence-electron chi connectivity index (χ4n) is 8.58. The van der Waals surface area contributed by atoms with Crippen LogP contribution in [0.3, 0.4) is 0 Å². The molecular formula is C35H51N5O9. The SMILES string of the molecule is CNC(=O)COCC(=O)NCCCCCCNC(=O)COCC(=O)N[C@@H]1CC[C@@]2(O)[C@H]3Cc4ccc(O)c5c4[C@@]2(CCN3CC2CC2)[C@H]1O5. The molecule has 2 bridgehead atoms. The van der Waals surface area contributed by atoms with Gasteiger partial charge in [0.15, 0.2) is 11.5 Å². The van der Waals surface area contributed by atoms with Crippen LogP contribution in [0.1, 0.15) is 68.9 Å². The number of benzene rings is 1. The number of hydrogen-bond donors (Lipinski definition) is 6. The molecule has 2 saturated carbocycles. The summed E-state index contributed by atoms with van der Waals surface area (Å²) in [5.41, 5.74) is 0.293. The maximum atomic E-state index is 13.0. The summed E-state index contributed by atoms with van der Waals surface area (Å²) in [6.07, 6.45) is 7.74. The molecule has 1 aromatic carbocycles. The van der Waals surface area contributed by atoms with Crippen LogP contribution in [-0.4, -0.2) is 122 Å². The fraction of sp³-hybridized carbons (Fsp3) is 0.714. The Kier molecular flexibility index (Phi) is 11.0. The first-order chi connectivity index (χ1) is 23.7. The highest BCUT2D eigenvalue weighted by atomic mass is 16.5. The molecule has 1 aromatic rings. The highest BCUT2D eigenvalue weighted by molar-refractivity contribution is 5.80. The van der Waals surface area contributed by atoms with Crippen molar-refractivity contribution < 1.29 is 43.6 Å². The number of phenolic OH excluding ortho intramolecular Hbond substituents is 1. The van der Waals surface area contributed by atoms with Gasteiger partial charge in [-0.05, 0) is 75.5 Å². The lowest BCUT2D eigenvalue weighted by atomic mass is 9.48. The summed E-state index contributed by atoms with van der Waals surface area (Å²) in [6, 6.07) is 3.24. The van der Waals surface area contributed by atoms with Crippen LogP contribution in [0.5, 0.6) is 11.5 Å². The van der Waals surface area contributed by atoms with Crippen molar-refractivity contribution in [2.45, 2.75) is 93.4 Å². The standard InChI is InChI=1S/C35H51N5O9/c1-36-27(42)18-47-19-28(43)37-13-4-2-3-5-14-38-29(44)20-48-21-30(45)39-24-10-11-35(46)26-16-23-8-9-25(41)32-31(23)34(35,33(24)49-32)12-15-40(26)17-22-6-7-22/h8-9,22,24,26,33,41,46H,2-7,10-21H2,1H3,(H,36,42)(H,37,43)(H,38,44)(H,39,45)/t24-,26-,33+,34+,35-/m1/s1. The van der Waals surface area contributed by atoms with E-state index >= 15 is 0 Å². The summed E-state index contributed by atoms with van der Waals surface area (Å²) in [4.78, 5) is 50.6. The highest BCUT2D eigenvalue weighted by Crippen LogP contribution is 2.65. The van der Waals surface area contributed by atoms with Gasteiger partial charge in [0.25, 0.3) is 0 Å². The van der Waals surface area contributed by atoms with E-state index in [4.69, 9.17) is 14.2 Å². The average molecular weight is 686 g/mol. The van der Waals surface area contributed by atoms with Crippen molar-refractivity contribution in [1.29, 1.82) is 0 Å². The third-order valence-electron chi connectivity index (χ3n) is 11.1. The summed E-state index contributed by atoms with van der Waals surface area (Å²) < 4.78 is 16.9. The number of likely N-dealkylation sites (N-methyl/N-ethyl adjacent to an activating group) is 1. The van der Waals surface area contributed by atoms with Gasteiger partial charge < -0.3 is 45.7 Å². The van der Waals surface area contributed by atoms with Crippen LogP contribution in [0.15, 0.2) is 12.1 Å². The Balaban J connectivity index is 0.903. The molecule has 3 aliphatic carbocycles. The predicted octanol–water partition coefficient (Wildman–Crippen LogP) is 0.0131. The first-order valence-corrected chi connectivity index (χ1v) is 17.8. The number of ether oxygens (including phenoxy) is 3. The van der Waals surface area contributed by atoms with Crippen LogP contribution in [-0.2, 0) is 40.5 Å². The van der Waals surface area contributed by atoms with E-state index in [9.17, 15) is 29.4 Å². The predicted molar refractivity (Wildman–Crippen MR) is 177 cm³/mol. The maximum Gasteiger partial charge on any atom is 0.246 e.